The number of hydrogen-bond acceptors (Lipinski definition) is 3. The molecule has 2 rings (SSSR count). The largest absolute Gasteiger partial charge is 0.399 e. The summed E-state index contributed by atoms with van der Waals surface area (Å²) in [6, 6.07) is 8.38. The van der Waals surface area contributed by atoms with Crippen molar-refractivity contribution < 1.29 is 4.79 Å². The monoisotopic (exact) mass is 261 g/mol. The lowest BCUT2D eigenvalue weighted by atomic mass is 10.1. The standard InChI is InChI=1S/C15H23N3O/c1-11-9-18(10-12(2)17(11)3)15(19)8-13-4-6-14(16)7-5-13/h4-7,11-12H,8-10,16H2,1-3H3. The van der Waals surface area contributed by atoms with Gasteiger partial charge in [-0.05, 0) is 38.6 Å². The molecule has 4 heteroatoms. The zero-order chi connectivity index (χ0) is 14.0. The molecule has 1 amide bonds. The van der Waals surface area contributed by atoms with Crippen LogP contribution in [0.25, 0.3) is 0 Å². The third-order valence-corrected chi connectivity index (χ3v) is 4.05. The number of rotatable bonds is 2. The van der Waals surface area contributed by atoms with Gasteiger partial charge in [0.15, 0.2) is 0 Å². The van der Waals surface area contributed by atoms with Crippen molar-refractivity contribution in [2.45, 2.75) is 32.4 Å². The maximum absolute atomic E-state index is 12.3. The van der Waals surface area contributed by atoms with Gasteiger partial charge in [-0.3, -0.25) is 9.69 Å². The Labute approximate surface area is 115 Å². The number of carbonyl (C=O) groups excluding carboxylic acids is 1. The number of likely N-dealkylation sites (N-methyl/N-ethyl adjacent to an activating group) is 1. The minimum absolute atomic E-state index is 0.205. The van der Waals surface area contributed by atoms with Crippen molar-refractivity contribution in [2.24, 2.45) is 0 Å². The second-order valence-electron chi connectivity index (χ2n) is 5.58. The van der Waals surface area contributed by atoms with Crippen LogP contribution in [-0.4, -0.2) is 47.9 Å². The lowest BCUT2D eigenvalue weighted by molar-refractivity contribution is -0.134. The summed E-state index contributed by atoms with van der Waals surface area (Å²) in [6.07, 6.45) is 0.462. The Morgan fingerprint density at radius 2 is 1.74 bits per heavy atom. The van der Waals surface area contributed by atoms with E-state index >= 15 is 0 Å². The molecule has 0 aliphatic carbocycles. The van der Waals surface area contributed by atoms with Gasteiger partial charge in [-0.15, -0.1) is 0 Å². The summed E-state index contributed by atoms with van der Waals surface area (Å²) in [6.45, 7) is 5.96. The maximum atomic E-state index is 12.3. The Morgan fingerprint density at radius 3 is 2.26 bits per heavy atom. The fourth-order valence-electron chi connectivity index (χ4n) is 2.53. The van der Waals surface area contributed by atoms with E-state index in [4.69, 9.17) is 5.73 Å². The molecule has 1 heterocycles. The second-order valence-corrected chi connectivity index (χ2v) is 5.58. The molecule has 0 spiro atoms. The van der Waals surface area contributed by atoms with Crippen molar-refractivity contribution in [3.63, 3.8) is 0 Å². The molecule has 1 aliphatic rings. The minimum Gasteiger partial charge on any atom is -0.399 e. The van der Waals surface area contributed by atoms with Crippen LogP contribution in [0.1, 0.15) is 19.4 Å². The first kappa shape index (κ1) is 13.9. The smallest absolute Gasteiger partial charge is 0.227 e. The molecule has 19 heavy (non-hydrogen) atoms. The fourth-order valence-corrected chi connectivity index (χ4v) is 2.53. The number of hydrogen-bond donors (Lipinski definition) is 1. The highest BCUT2D eigenvalue weighted by atomic mass is 16.2. The summed E-state index contributed by atoms with van der Waals surface area (Å²) < 4.78 is 0. The van der Waals surface area contributed by atoms with E-state index in [0.717, 1.165) is 24.3 Å². The van der Waals surface area contributed by atoms with Gasteiger partial charge in [-0.1, -0.05) is 12.1 Å². The highest BCUT2D eigenvalue weighted by Gasteiger charge is 2.28. The Kier molecular flexibility index (Phi) is 4.10. The van der Waals surface area contributed by atoms with E-state index in [1.54, 1.807) is 0 Å². The van der Waals surface area contributed by atoms with E-state index < -0.39 is 0 Å². The molecule has 1 aromatic carbocycles. The molecule has 4 nitrogen and oxygen atoms in total. The summed E-state index contributed by atoms with van der Waals surface area (Å²) >= 11 is 0. The van der Waals surface area contributed by atoms with Gasteiger partial charge in [0.1, 0.15) is 0 Å². The molecule has 0 aromatic heterocycles. The molecule has 2 unspecified atom stereocenters. The number of nitrogens with two attached hydrogens (primary N) is 1. The first-order chi connectivity index (χ1) is 8.97. The van der Waals surface area contributed by atoms with Crippen molar-refractivity contribution in [3.05, 3.63) is 29.8 Å². The maximum Gasteiger partial charge on any atom is 0.227 e. The van der Waals surface area contributed by atoms with Crippen molar-refractivity contribution in [1.82, 2.24) is 9.80 Å². The van der Waals surface area contributed by atoms with Crippen LogP contribution >= 0.6 is 0 Å². The van der Waals surface area contributed by atoms with Gasteiger partial charge in [0.2, 0.25) is 5.91 Å². The molecule has 1 fully saturated rings. The SMILES string of the molecule is CC1CN(C(=O)Cc2ccc(N)cc2)CC(C)N1C. The number of piperazine rings is 1. The molecule has 0 bridgehead atoms. The summed E-state index contributed by atoms with van der Waals surface area (Å²) in [7, 11) is 2.12. The molecule has 0 radical (unpaired) electrons. The third kappa shape index (κ3) is 3.26. The van der Waals surface area contributed by atoms with Crippen LogP contribution in [-0.2, 0) is 11.2 Å². The predicted octanol–water partition coefficient (Wildman–Crippen LogP) is 1.36. The van der Waals surface area contributed by atoms with Gasteiger partial charge < -0.3 is 10.6 Å². The van der Waals surface area contributed by atoms with Crippen LogP contribution < -0.4 is 5.73 Å². The first-order valence-corrected chi connectivity index (χ1v) is 6.81. The number of carbonyl (C=O) groups is 1. The summed E-state index contributed by atoms with van der Waals surface area (Å²) in [5.41, 5.74) is 7.41. The molecule has 0 saturated carbocycles. The van der Waals surface area contributed by atoms with Crippen molar-refractivity contribution in [2.75, 3.05) is 25.9 Å². The Morgan fingerprint density at radius 1 is 1.21 bits per heavy atom. The van der Waals surface area contributed by atoms with Gasteiger partial charge in [-0.25, -0.2) is 0 Å². The highest BCUT2D eigenvalue weighted by Crippen LogP contribution is 2.15. The van der Waals surface area contributed by atoms with Crippen molar-refractivity contribution in [1.29, 1.82) is 0 Å². The van der Waals surface area contributed by atoms with Crippen LogP contribution in [0.4, 0.5) is 5.69 Å². The third-order valence-electron chi connectivity index (χ3n) is 4.05. The Balaban J connectivity index is 1.98. The number of anilines is 1. The van der Waals surface area contributed by atoms with E-state index in [1.807, 2.05) is 29.2 Å². The quantitative estimate of drug-likeness (QED) is 0.818. The summed E-state index contributed by atoms with van der Waals surface area (Å²) in [5, 5.41) is 0. The molecule has 104 valence electrons. The van der Waals surface area contributed by atoms with Gasteiger partial charge in [0.05, 0.1) is 6.42 Å². The molecule has 1 aromatic rings. The summed E-state index contributed by atoms with van der Waals surface area (Å²) in [5.74, 6) is 0.205. The minimum atomic E-state index is 0.205. The van der Waals surface area contributed by atoms with Crippen LogP contribution in [0.5, 0.6) is 0 Å². The average Bonchev–Trinajstić information content (AvgIpc) is 2.38. The molecular formula is C15H23N3O. The number of nitrogens with zero attached hydrogens (tertiary/aromatic N) is 2. The van der Waals surface area contributed by atoms with Gasteiger partial charge in [-0.2, -0.15) is 0 Å². The highest BCUT2D eigenvalue weighted by molar-refractivity contribution is 5.79. The lowest BCUT2D eigenvalue weighted by Gasteiger charge is -2.42. The molecule has 1 saturated heterocycles. The van der Waals surface area contributed by atoms with Crippen LogP contribution in [0.3, 0.4) is 0 Å². The lowest BCUT2D eigenvalue weighted by Crippen LogP contribution is -2.56. The topological polar surface area (TPSA) is 49.6 Å². The molecule has 1 aliphatic heterocycles. The number of nitrogen functional groups attached to an aromatic ring is 1. The van der Waals surface area contributed by atoms with Crippen molar-refractivity contribution in [3.8, 4) is 0 Å². The van der Waals surface area contributed by atoms with Crippen molar-refractivity contribution >= 4 is 11.6 Å². The number of amides is 1. The van der Waals surface area contributed by atoms with Gasteiger partial charge >= 0.3 is 0 Å². The molecular weight excluding hydrogens is 238 g/mol. The zero-order valence-corrected chi connectivity index (χ0v) is 12.0. The van der Waals surface area contributed by atoms with E-state index in [9.17, 15) is 4.79 Å². The van der Waals surface area contributed by atoms with E-state index in [2.05, 4.69) is 25.8 Å². The Bertz CT molecular complexity index is 431. The summed E-state index contributed by atoms with van der Waals surface area (Å²) in [4.78, 5) is 16.6. The zero-order valence-electron chi connectivity index (χ0n) is 12.0. The van der Waals surface area contributed by atoms with E-state index in [-0.39, 0.29) is 5.91 Å². The first-order valence-electron chi connectivity index (χ1n) is 6.81. The van der Waals surface area contributed by atoms with Gasteiger partial charge in [0.25, 0.3) is 0 Å². The second kappa shape index (κ2) is 5.61. The fraction of sp³-hybridized carbons (Fsp3) is 0.533. The van der Waals surface area contributed by atoms with Gasteiger partial charge in [0, 0.05) is 30.9 Å². The van der Waals surface area contributed by atoms with E-state index in [0.29, 0.717) is 18.5 Å². The van der Waals surface area contributed by atoms with Crippen LogP contribution in [0.2, 0.25) is 0 Å². The van der Waals surface area contributed by atoms with Crippen LogP contribution in [0, 0.1) is 0 Å². The number of benzene rings is 1. The normalized spacial score (nSPS) is 24.5. The molecule has 2 atom stereocenters. The van der Waals surface area contributed by atoms with E-state index in [1.165, 1.54) is 0 Å². The van der Waals surface area contributed by atoms with Crippen LogP contribution in [0.15, 0.2) is 24.3 Å². The predicted molar refractivity (Wildman–Crippen MR) is 77.8 cm³/mol. The average molecular weight is 261 g/mol. The molecule has 2 N–H and O–H groups in total. The Hall–Kier alpha value is -1.55.